The Hall–Kier alpha value is -2.07. The fourth-order valence-corrected chi connectivity index (χ4v) is 7.68. The van der Waals surface area contributed by atoms with Crippen LogP contribution in [0.3, 0.4) is 0 Å². The predicted octanol–water partition coefficient (Wildman–Crippen LogP) is 8.46. The van der Waals surface area contributed by atoms with Gasteiger partial charge in [-0.2, -0.15) is 13.2 Å². The van der Waals surface area contributed by atoms with Crippen molar-refractivity contribution in [1.29, 1.82) is 0 Å². The Morgan fingerprint density at radius 1 is 1.05 bits per heavy atom. The highest BCUT2D eigenvalue weighted by Crippen LogP contribution is 2.58. The first-order valence-electron chi connectivity index (χ1n) is 14.5. The van der Waals surface area contributed by atoms with E-state index in [1.807, 2.05) is 0 Å². The SMILES string of the molecule is CC(=O)c1nc2c(c3c1[C@@H](c1ccc(C(F)(F)F)cc1)OC31CCOCC1)[C@@H](O[Si](C)(C)C(C)(C)C)CC(C)(C)C2. The number of ketones is 1. The number of hydrogen-bond acceptors (Lipinski definition) is 5. The normalized spacial score (nSPS) is 23.8. The number of benzene rings is 1. The Morgan fingerprint density at radius 2 is 1.66 bits per heavy atom. The van der Waals surface area contributed by atoms with Gasteiger partial charge in [-0.1, -0.05) is 46.8 Å². The number of aromatic nitrogens is 1. The number of fused-ring (bicyclic) bond motifs is 4. The summed E-state index contributed by atoms with van der Waals surface area (Å²) in [6.45, 7) is 18.1. The minimum absolute atomic E-state index is 0.0136. The van der Waals surface area contributed by atoms with E-state index in [2.05, 4.69) is 47.7 Å². The third kappa shape index (κ3) is 5.43. The zero-order chi connectivity index (χ0) is 30.2. The highest BCUT2D eigenvalue weighted by atomic mass is 28.4. The van der Waals surface area contributed by atoms with E-state index in [0.29, 0.717) is 49.3 Å². The van der Waals surface area contributed by atoms with Crippen LogP contribution in [0.15, 0.2) is 24.3 Å². The molecule has 9 heteroatoms. The molecule has 0 N–H and O–H groups in total. The number of pyridine rings is 1. The van der Waals surface area contributed by atoms with Gasteiger partial charge >= 0.3 is 6.18 Å². The standard InChI is InChI=1S/C32H42F3NO4Si/c1-19(37)27-25-26(24-22(36-27)17-30(5,6)18-23(24)40-41(7,8)29(2,3)4)31(13-15-38-16-14-31)39-28(25)20-9-11-21(12-10-20)32(33,34)35/h9-12,23,28H,13-18H2,1-8H3/t23-,28+/m0/s1. The molecule has 0 unspecified atom stereocenters. The second-order valence-corrected chi connectivity index (χ2v) is 19.1. The number of Topliss-reactive ketones (excluding diaryl/α,β-unsaturated/α-hetero) is 1. The molecule has 0 saturated carbocycles. The van der Waals surface area contributed by atoms with Crippen LogP contribution >= 0.6 is 0 Å². The number of hydrogen-bond donors (Lipinski definition) is 0. The van der Waals surface area contributed by atoms with Crippen molar-refractivity contribution in [3.8, 4) is 0 Å². The average Bonchev–Trinajstić information content (AvgIpc) is 3.15. The van der Waals surface area contributed by atoms with E-state index in [4.69, 9.17) is 18.9 Å². The maximum atomic E-state index is 13.4. The summed E-state index contributed by atoms with van der Waals surface area (Å²) < 4.78 is 60.0. The Balaban J connectivity index is 1.77. The predicted molar refractivity (Wildman–Crippen MR) is 153 cm³/mol. The van der Waals surface area contributed by atoms with E-state index in [-0.39, 0.29) is 22.3 Å². The molecule has 1 aromatic carbocycles. The first-order chi connectivity index (χ1) is 18.9. The molecule has 0 amide bonds. The van der Waals surface area contributed by atoms with E-state index >= 15 is 0 Å². The highest BCUT2D eigenvalue weighted by molar-refractivity contribution is 6.74. The molecule has 0 radical (unpaired) electrons. The lowest BCUT2D eigenvalue weighted by molar-refractivity contribution is -0.137. The van der Waals surface area contributed by atoms with Gasteiger partial charge in [0.25, 0.3) is 0 Å². The first-order valence-corrected chi connectivity index (χ1v) is 17.4. The maximum absolute atomic E-state index is 13.4. The van der Waals surface area contributed by atoms with Crippen molar-refractivity contribution in [1.82, 2.24) is 4.98 Å². The molecule has 1 saturated heterocycles. The molecule has 2 atom stereocenters. The molecule has 5 nitrogen and oxygen atoms in total. The Bertz CT molecular complexity index is 1340. The third-order valence-electron chi connectivity index (χ3n) is 9.54. The molecule has 1 fully saturated rings. The first kappa shape index (κ1) is 30.4. The van der Waals surface area contributed by atoms with Gasteiger partial charge in [-0.3, -0.25) is 4.79 Å². The van der Waals surface area contributed by atoms with Crippen molar-refractivity contribution >= 4 is 14.1 Å². The zero-order valence-electron chi connectivity index (χ0n) is 25.4. The zero-order valence-corrected chi connectivity index (χ0v) is 26.4. The van der Waals surface area contributed by atoms with Crippen molar-refractivity contribution in [2.75, 3.05) is 13.2 Å². The van der Waals surface area contributed by atoms with Crippen LogP contribution in [0.25, 0.3) is 0 Å². The average molecular weight is 590 g/mol. The van der Waals surface area contributed by atoms with Gasteiger partial charge in [-0.05, 0) is 54.1 Å². The van der Waals surface area contributed by atoms with Gasteiger partial charge in [0.05, 0.1) is 17.3 Å². The van der Waals surface area contributed by atoms with Crippen LogP contribution in [0.4, 0.5) is 13.2 Å². The van der Waals surface area contributed by atoms with E-state index in [1.54, 1.807) is 0 Å². The summed E-state index contributed by atoms with van der Waals surface area (Å²) >= 11 is 0. The summed E-state index contributed by atoms with van der Waals surface area (Å²) in [6.07, 6.45) is -2.72. The van der Waals surface area contributed by atoms with Crippen LogP contribution in [0.1, 0.15) is 117 Å². The fraction of sp³-hybridized carbons (Fsp3) is 0.625. The van der Waals surface area contributed by atoms with Gasteiger partial charge in [-0.25, -0.2) is 4.98 Å². The number of alkyl halides is 3. The molecule has 1 aromatic heterocycles. The summed E-state index contributed by atoms with van der Waals surface area (Å²) in [4.78, 5) is 18.2. The largest absolute Gasteiger partial charge is 0.416 e. The molecule has 3 aliphatic rings. The van der Waals surface area contributed by atoms with E-state index < -0.39 is 31.8 Å². The molecular weight excluding hydrogens is 547 g/mol. The quantitative estimate of drug-likeness (QED) is 0.265. The topological polar surface area (TPSA) is 57.7 Å². The number of carbonyl (C=O) groups is 1. The van der Waals surface area contributed by atoms with Crippen molar-refractivity contribution in [2.24, 2.45) is 5.41 Å². The monoisotopic (exact) mass is 589 g/mol. The molecule has 2 aromatic rings. The molecular formula is C32H42F3NO4Si. The van der Waals surface area contributed by atoms with Crippen LogP contribution in [0, 0.1) is 5.41 Å². The number of nitrogens with zero attached hydrogens (tertiary/aromatic N) is 1. The molecule has 1 spiro atoms. The lowest BCUT2D eigenvalue weighted by Crippen LogP contribution is -2.45. The van der Waals surface area contributed by atoms with Gasteiger partial charge in [0.1, 0.15) is 11.8 Å². The fourth-order valence-electron chi connectivity index (χ4n) is 6.42. The Kier molecular flexibility index (Phi) is 7.41. The van der Waals surface area contributed by atoms with Crippen LogP contribution in [-0.2, 0) is 32.1 Å². The minimum atomic E-state index is -4.44. The van der Waals surface area contributed by atoms with Crippen LogP contribution in [-0.4, -0.2) is 32.3 Å². The van der Waals surface area contributed by atoms with Gasteiger partial charge in [0, 0.05) is 55.4 Å². The summed E-state index contributed by atoms with van der Waals surface area (Å²) in [7, 11) is -2.22. The van der Waals surface area contributed by atoms with E-state index in [1.165, 1.54) is 19.1 Å². The molecule has 224 valence electrons. The molecule has 3 heterocycles. The van der Waals surface area contributed by atoms with E-state index in [9.17, 15) is 18.0 Å². The van der Waals surface area contributed by atoms with Crippen LogP contribution < -0.4 is 0 Å². The van der Waals surface area contributed by atoms with Gasteiger partial charge in [0.15, 0.2) is 14.1 Å². The Morgan fingerprint density at radius 3 is 2.20 bits per heavy atom. The lowest BCUT2D eigenvalue weighted by atomic mass is 9.70. The summed E-state index contributed by atoms with van der Waals surface area (Å²) in [5.74, 6) is -0.182. The molecule has 0 bridgehead atoms. The molecule has 1 aliphatic carbocycles. The Labute approximate surface area is 242 Å². The van der Waals surface area contributed by atoms with Crippen molar-refractivity contribution in [3.05, 3.63) is 63.5 Å². The second kappa shape index (κ2) is 10.00. The van der Waals surface area contributed by atoms with Crippen LogP contribution in [0.2, 0.25) is 18.1 Å². The number of rotatable bonds is 4. The summed E-state index contributed by atoms with van der Waals surface area (Å²) in [6, 6.07) is 5.09. The van der Waals surface area contributed by atoms with E-state index in [0.717, 1.165) is 35.4 Å². The minimum Gasteiger partial charge on any atom is -0.410 e. The number of halogens is 3. The maximum Gasteiger partial charge on any atom is 0.416 e. The second-order valence-electron chi connectivity index (χ2n) is 14.3. The van der Waals surface area contributed by atoms with Gasteiger partial charge in [-0.15, -0.1) is 0 Å². The third-order valence-corrected chi connectivity index (χ3v) is 14.0. The van der Waals surface area contributed by atoms with Crippen molar-refractivity contribution < 1.29 is 31.9 Å². The molecule has 5 rings (SSSR count). The van der Waals surface area contributed by atoms with Gasteiger partial charge < -0.3 is 13.9 Å². The summed E-state index contributed by atoms with van der Waals surface area (Å²) in [5, 5.41) is -0.0136. The highest BCUT2D eigenvalue weighted by Gasteiger charge is 2.54. The van der Waals surface area contributed by atoms with Crippen molar-refractivity contribution in [3.63, 3.8) is 0 Å². The number of ether oxygens (including phenoxy) is 2. The molecule has 41 heavy (non-hydrogen) atoms. The lowest BCUT2D eigenvalue weighted by Gasteiger charge is -2.46. The molecule has 2 aliphatic heterocycles. The number of carbonyl (C=O) groups excluding carboxylic acids is 1. The van der Waals surface area contributed by atoms with Gasteiger partial charge in [0.2, 0.25) is 0 Å². The summed E-state index contributed by atoms with van der Waals surface area (Å²) in [5.41, 5.74) is 2.89. The van der Waals surface area contributed by atoms with Crippen LogP contribution in [0.5, 0.6) is 0 Å². The van der Waals surface area contributed by atoms with Crippen molar-refractivity contribution in [2.45, 2.75) is 109 Å². The smallest absolute Gasteiger partial charge is 0.410 e.